The molecule has 2 unspecified atom stereocenters. The van der Waals surface area contributed by atoms with Gasteiger partial charge in [-0.25, -0.2) is 4.98 Å². The molecule has 224 valence electrons. The molecule has 4 aromatic carbocycles. The summed E-state index contributed by atoms with van der Waals surface area (Å²) in [6.45, 7) is 5.96. The van der Waals surface area contributed by atoms with Crippen molar-refractivity contribution in [3.05, 3.63) is 114 Å². The molecule has 0 fully saturated rings. The number of nitrogens with zero attached hydrogens (tertiary/aromatic N) is 2. The third kappa shape index (κ3) is 4.92. The summed E-state index contributed by atoms with van der Waals surface area (Å²) < 4.78 is 52.8. The minimum atomic E-state index is -5.10. The molecule has 9 heteroatoms. The average molecular weight is 598 g/mol. The smallest absolute Gasteiger partial charge is 0.426 e. The molecule has 6 nitrogen and oxygen atoms in total. The second-order valence-electron chi connectivity index (χ2n) is 11.5. The van der Waals surface area contributed by atoms with Crippen molar-refractivity contribution in [1.29, 1.82) is 0 Å². The maximum Gasteiger partial charge on any atom is 0.438 e. The number of carbonyl (C=O) groups excluding carboxylic acids is 2. The highest BCUT2D eigenvalue weighted by atomic mass is 19.4. The SMILES string of the molecule is CC(C)Cc1ccc(C(C)C(=O)Oc2ccc3c(c2)C(=O)C(Nc2ccccc2)(C(F)(F)F)n2c-3nc3ccccc32)cc1. The maximum atomic E-state index is 15.4. The minimum Gasteiger partial charge on any atom is -0.426 e. The standard InChI is InChI=1S/C35H30F3N3O3/c1-21(2)19-23-13-15-24(16-14-23)22(3)33(43)44-26-17-18-27-28(20-26)31(42)34(35(36,37)38,40-25-9-5-4-6-10-25)41-30-12-8-7-11-29(30)39-32(27)41/h4-18,20-22,40H,19H2,1-3H3. The number of benzene rings is 4. The third-order valence-corrected chi connectivity index (χ3v) is 7.91. The molecule has 1 aromatic heterocycles. The van der Waals surface area contributed by atoms with Gasteiger partial charge in [0.2, 0.25) is 5.78 Å². The number of rotatable bonds is 7. The number of hydrogen-bond donors (Lipinski definition) is 1. The minimum absolute atomic E-state index is 0.0331. The molecule has 6 rings (SSSR count). The number of alkyl halides is 3. The number of halogens is 3. The summed E-state index contributed by atoms with van der Waals surface area (Å²) >= 11 is 0. The molecular formula is C35H30F3N3O3. The number of anilines is 1. The number of nitrogens with one attached hydrogen (secondary N) is 1. The van der Waals surface area contributed by atoms with Crippen molar-refractivity contribution in [3.63, 3.8) is 0 Å². The van der Waals surface area contributed by atoms with Crippen molar-refractivity contribution in [3.8, 4) is 17.1 Å². The van der Waals surface area contributed by atoms with E-state index in [-0.39, 0.29) is 33.9 Å². The van der Waals surface area contributed by atoms with Gasteiger partial charge in [0.15, 0.2) is 0 Å². The normalized spacial score (nSPS) is 16.8. The number of aromatic nitrogens is 2. The van der Waals surface area contributed by atoms with E-state index in [4.69, 9.17) is 4.74 Å². The van der Waals surface area contributed by atoms with E-state index in [1.807, 2.05) is 24.3 Å². The van der Waals surface area contributed by atoms with Gasteiger partial charge in [-0.05, 0) is 72.9 Å². The van der Waals surface area contributed by atoms with Gasteiger partial charge in [-0.3, -0.25) is 14.2 Å². The summed E-state index contributed by atoms with van der Waals surface area (Å²) in [4.78, 5) is 31.9. The molecule has 0 saturated carbocycles. The van der Waals surface area contributed by atoms with Crippen molar-refractivity contribution in [2.75, 3.05) is 5.32 Å². The molecule has 2 atom stereocenters. The Morgan fingerprint density at radius 3 is 2.27 bits per heavy atom. The van der Waals surface area contributed by atoms with E-state index >= 15 is 13.2 Å². The molecule has 1 N–H and O–H groups in total. The fraction of sp³-hybridized carbons (Fsp3) is 0.229. The number of Topliss-reactive ketones (excluding diaryl/α,β-unsaturated/α-hetero) is 1. The fourth-order valence-electron chi connectivity index (χ4n) is 5.74. The topological polar surface area (TPSA) is 73.2 Å². The Morgan fingerprint density at radius 1 is 0.909 bits per heavy atom. The van der Waals surface area contributed by atoms with Crippen molar-refractivity contribution in [2.24, 2.45) is 5.92 Å². The van der Waals surface area contributed by atoms with Crippen LogP contribution in [-0.4, -0.2) is 27.5 Å². The van der Waals surface area contributed by atoms with Crippen LogP contribution in [0.5, 0.6) is 5.75 Å². The lowest BCUT2D eigenvalue weighted by Crippen LogP contribution is -2.61. The number of ether oxygens (including phenoxy) is 1. The number of carbonyl (C=O) groups is 2. The highest BCUT2D eigenvalue weighted by Gasteiger charge is 2.65. The Labute approximate surface area is 252 Å². The predicted molar refractivity (Wildman–Crippen MR) is 163 cm³/mol. The van der Waals surface area contributed by atoms with Gasteiger partial charge >= 0.3 is 12.1 Å². The van der Waals surface area contributed by atoms with Crippen LogP contribution in [0.3, 0.4) is 0 Å². The molecule has 0 bridgehead atoms. The largest absolute Gasteiger partial charge is 0.438 e. The van der Waals surface area contributed by atoms with E-state index < -0.39 is 29.5 Å². The van der Waals surface area contributed by atoms with Crippen LogP contribution in [0, 0.1) is 5.92 Å². The van der Waals surface area contributed by atoms with Gasteiger partial charge in [-0.15, -0.1) is 0 Å². The Morgan fingerprint density at radius 2 is 1.59 bits per heavy atom. The number of fused-ring (bicyclic) bond motifs is 5. The van der Waals surface area contributed by atoms with E-state index in [9.17, 15) is 9.59 Å². The first-order chi connectivity index (χ1) is 21.0. The van der Waals surface area contributed by atoms with Crippen LogP contribution in [0.1, 0.15) is 48.2 Å². The van der Waals surface area contributed by atoms with Gasteiger partial charge in [-0.1, -0.05) is 68.4 Å². The van der Waals surface area contributed by atoms with E-state index in [0.29, 0.717) is 11.4 Å². The Hall–Kier alpha value is -4.92. The highest BCUT2D eigenvalue weighted by Crippen LogP contribution is 2.49. The molecule has 2 heterocycles. The Balaban J connectivity index is 1.42. The van der Waals surface area contributed by atoms with Gasteiger partial charge in [0, 0.05) is 16.8 Å². The first-order valence-corrected chi connectivity index (χ1v) is 14.4. The van der Waals surface area contributed by atoms with Crippen LogP contribution < -0.4 is 10.1 Å². The predicted octanol–water partition coefficient (Wildman–Crippen LogP) is 8.13. The summed E-state index contributed by atoms with van der Waals surface area (Å²) in [5.74, 6) is -2.06. The van der Waals surface area contributed by atoms with E-state index in [0.717, 1.165) is 22.1 Å². The molecule has 44 heavy (non-hydrogen) atoms. The quantitative estimate of drug-likeness (QED) is 0.152. The number of hydrogen-bond acceptors (Lipinski definition) is 5. The van der Waals surface area contributed by atoms with Crippen LogP contribution in [0.2, 0.25) is 0 Å². The van der Waals surface area contributed by atoms with Crippen molar-refractivity contribution in [1.82, 2.24) is 9.55 Å². The van der Waals surface area contributed by atoms with E-state index in [1.54, 1.807) is 43.3 Å². The van der Waals surface area contributed by atoms with Crippen LogP contribution >= 0.6 is 0 Å². The lowest BCUT2D eigenvalue weighted by Gasteiger charge is -2.41. The fourth-order valence-corrected chi connectivity index (χ4v) is 5.74. The third-order valence-electron chi connectivity index (χ3n) is 7.91. The first-order valence-electron chi connectivity index (χ1n) is 14.4. The zero-order valence-corrected chi connectivity index (χ0v) is 24.4. The summed E-state index contributed by atoms with van der Waals surface area (Å²) in [7, 11) is 0. The highest BCUT2D eigenvalue weighted by molar-refractivity contribution is 6.12. The molecular weight excluding hydrogens is 567 g/mol. The van der Waals surface area contributed by atoms with Crippen LogP contribution in [0.25, 0.3) is 22.4 Å². The number of ketones is 1. The van der Waals surface area contributed by atoms with Gasteiger partial charge < -0.3 is 10.1 Å². The van der Waals surface area contributed by atoms with Crippen LogP contribution in [0.15, 0.2) is 97.1 Å². The summed E-state index contributed by atoms with van der Waals surface area (Å²) in [5.41, 5.74) is -0.837. The molecule has 0 saturated heterocycles. The summed E-state index contributed by atoms with van der Waals surface area (Å²) in [6, 6.07) is 26.0. The van der Waals surface area contributed by atoms with Crippen molar-refractivity contribution < 1.29 is 27.5 Å². The second kappa shape index (κ2) is 11.0. The zero-order chi connectivity index (χ0) is 31.2. The first kappa shape index (κ1) is 29.2. The second-order valence-corrected chi connectivity index (χ2v) is 11.5. The Bertz CT molecular complexity index is 1860. The molecule has 1 aliphatic heterocycles. The number of imidazole rings is 1. The van der Waals surface area contributed by atoms with Gasteiger partial charge in [0.05, 0.1) is 17.0 Å². The molecule has 0 radical (unpaired) electrons. The van der Waals surface area contributed by atoms with Gasteiger partial charge in [0.1, 0.15) is 11.6 Å². The molecule has 0 spiro atoms. The van der Waals surface area contributed by atoms with Crippen LogP contribution in [-0.2, 0) is 16.9 Å². The number of esters is 1. The average Bonchev–Trinajstić information content (AvgIpc) is 3.39. The summed E-state index contributed by atoms with van der Waals surface area (Å²) in [5, 5.41) is 2.52. The monoisotopic (exact) mass is 597 g/mol. The lowest BCUT2D eigenvalue weighted by atomic mass is 9.87. The molecule has 1 aliphatic rings. The van der Waals surface area contributed by atoms with Crippen molar-refractivity contribution >= 4 is 28.5 Å². The number of para-hydroxylation sites is 3. The van der Waals surface area contributed by atoms with Gasteiger partial charge in [-0.2, -0.15) is 13.2 Å². The van der Waals surface area contributed by atoms with Gasteiger partial charge in [0.25, 0.3) is 5.66 Å². The molecule has 0 aliphatic carbocycles. The zero-order valence-electron chi connectivity index (χ0n) is 24.4. The van der Waals surface area contributed by atoms with E-state index in [2.05, 4.69) is 24.1 Å². The lowest BCUT2D eigenvalue weighted by molar-refractivity contribution is -0.186. The van der Waals surface area contributed by atoms with E-state index in [1.165, 1.54) is 36.4 Å². The van der Waals surface area contributed by atoms with Crippen molar-refractivity contribution in [2.45, 2.75) is 44.9 Å². The summed E-state index contributed by atoms with van der Waals surface area (Å²) in [6.07, 6.45) is -4.19. The molecule has 5 aromatic rings. The van der Waals surface area contributed by atoms with Crippen LogP contribution in [0.4, 0.5) is 18.9 Å². The maximum absolute atomic E-state index is 15.4. The molecule has 0 amide bonds. The Kier molecular flexibility index (Phi) is 7.27.